The smallest absolute Gasteiger partial charge is 0.372 e. The second-order valence-corrected chi connectivity index (χ2v) is 9.21. The Bertz CT molecular complexity index is 1750. The Morgan fingerprint density at radius 3 is 2.53 bits per heavy atom. The highest BCUT2D eigenvalue weighted by molar-refractivity contribution is 6.19. The summed E-state index contributed by atoms with van der Waals surface area (Å²) in [5, 5.41) is 41.6. The summed E-state index contributed by atoms with van der Waals surface area (Å²) in [4.78, 5) is 32.1. The molecule has 194 valence electrons. The number of hydrogen-bond donors (Lipinski definition) is 6. The summed E-state index contributed by atoms with van der Waals surface area (Å²) < 4.78 is 5.53. The van der Waals surface area contributed by atoms with Crippen molar-refractivity contribution in [1.29, 1.82) is 0 Å². The first kappa shape index (κ1) is 25.1. The number of furan rings is 1. The number of fused-ring (bicyclic) bond motifs is 2. The predicted octanol–water partition coefficient (Wildman–Crippen LogP) is 4.83. The third-order valence-electron chi connectivity index (χ3n) is 6.77. The molecule has 0 saturated heterocycles. The van der Waals surface area contributed by atoms with Gasteiger partial charge in [0.2, 0.25) is 17.3 Å². The maximum Gasteiger partial charge on any atom is 0.372 e. The minimum absolute atomic E-state index is 0.0517. The van der Waals surface area contributed by atoms with Gasteiger partial charge in [-0.2, -0.15) is 0 Å². The largest absolute Gasteiger partial charge is 0.504 e. The summed E-state index contributed by atoms with van der Waals surface area (Å²) in [6, 6.07) is 10.8. The molecule has 0 amide bonds. The molecule has 5 aromatic rings. The van der Waals surface area contributed by atoms with Gasteiger partial charge in [-0.15, -0.1) is 0 Å². The first-order valence-electron chi connectivity index (χ1n) is 12.0. The molecule has 3 heterocycles. The topological polar surface area (TPSA) is 160 Å². The van der Waals surface area contributed by atoms with Crippen LogP contribution in [0.5, 0.6) is 5.75 Å². The average Bonchev–Trinajstić information content (AvgIpc) is 3.61. The lowest BCUT2D eigenvalue weighted by Gasteiger charge is -2.06. The van der Waals surface area contributed by atoms with Crippen LogP contribution in [0.4, 0.5) is 0 Å². The number of aromatic hydroxyl groups is 1. The van der Waals surface area contributed by atoms with Gasteiger partial charge in [0.15, 0.2) is 5.75 Å². The number of rotatable bonds is 8. The predicted molar refractivity (Wildman–Crippen MR) is 142 cm³/mol. The number of carbonyl (C=O) groups excluding carboxylic acids is 1. The van der Waals surface area contributed by atoms with Gasteiger partial charge in [0.25, 0.3) is 0 Å². The number of para-hydroxylation sites is 1. The van der Waals surface area contributed by atoms with Crippen molar-refractivity contribution < 1.29 is 34.4 Å². The van der Waals surface area contributed by atoms with Crippen molar-refractivity contribution in [1.82, 2.24) is 9.97 Å². The summed E-state index contributed by atoms with van der Waals surface area (Å²) in [5.41, 5.74) is 4.45. The maximum atomic E-state index is 13.7. The monoisotopic (exact) mass is 514 g/mol. The molecular formula is C29H26N2O7. The van der Waals surface area contributed by atoms with Gasteiger partial charge in [-0.3, -0.25) is 4.79 Å². The first-order valence-corrected chi connectivity index (χ1v) is 12.0. The van der Waals surface area contributed by atoms with Crippen LogP contribution in [0.2, 0.25) is 0 Å². The van der Waals surface area contributed by atoms with Gasteiger partial charge in [-0.1, -0.05) is 42.0 Å². The van der Waals surface area contributed by atoms with E-state index in [9.17, 15) is 30.0 Å². The number of aliphatic hydroxyl groups excluding tert-OH is 2. The number of aliphatic hydroxyl groups is 2. The maximum absolute atomic E-state index is 13.7. The lowest BCUT2D eigenvalue weighted by Crippen LogP contribution is -2.00. The number of allylic oxidation sites excluding steroid dienone is 1. The van der Waals surface area contributed by atoms with Crippen LogP contribution in [0, 0.1) is 6.92 Å². The number of carbonyl (C=O) groups is 2. The molecule has 6 N–H and O–H groups in total. The molecule has 0 bridgehead atoms. The average molecular weight is 515 g/mol. The van der Waals surface area contributed by atoms with Gasteiger partial charge in [-0.25, -0.2) is 4.79 Å². The molecule has 5 rings (SSSR count). The molecule has 0 saturated carbocycles. The molecule has 0 unspecified atom stereocenters. The number of carboxylic acid groups (broad SMARTS) is 1. The van der Waals surface area contributed by atoms with Gasteiger partial charge in [0.05, 0.1) is 24.3 Å². The van der Waals surface area contributed by atoms with Crippen molar-refractivity contribution in [2.24, 2.45) is 0 Å². The van der Waals surface area contributed by atoms with Crippen LogP contribution in [-0.4, -0.2) is 48.8 Å². The van der Waals surface area contributed by atoms with Crippen molar-refractivity contribution in [2.75, 3.05) is 6.61 Å². The summed E-state index contributed by atoms with van der Waals surface area (Å²) in [6.45, 7) is 3.17. The molecule has 38 heavy (non-hydrogen) atoms. The minimum Gasteiger partial charge on any atom is -0.504 e. The molecule has 0 atom stereocenters. The number of aromatic nitrogens is 2. The number of H-pyrrole nitrogens is 2. The van der Waals surface area contributed by atoms with Crippen molar-refractivity contribution in [2.45, 2.75) is 26.9 Å². The van der Waals surface area contributed by atoms with Crippen LogP contribution in [0.15, 0.2) is 58.7 Å². The van der Waals surface area contributed by atoms with Crippen molar-refractivity contribution in [3.05, 3.63) is 88.1 Å². The summed E-state index contributed by atoms with van der Waals surface area (Å²) >= 11 is 0. The molecule has 9 heteroatoms. The summed E-state index contributed by atoms with van der Waals surface area (Å²) in [7, 11) is 0. The van der Waals surface area contributed by atoms with E-state index in [1.807, 2.05) is 32.1 Å². The zero-order valence-electron chi connectivity index (χ0n) is 20.8. The Hall–Kier alpha value is -4.60. The molecule has 0 radical (unpaired) electrons. The number of benzene rings is 2. The highest BCUT2D eigenvalue weighted by Crippen LogP contribution is 2.44. The first-order chi connectivity index (χ1) is 18.3. The number of aryl methyl sites for hydroxylation is 1. The molecule has 0 fully saturated rings. The Kier molecular flexibility index (Phi) is 6.40. The van der Waals surface area contributed by atoms with Crippen molar-refractivity contribution in [3.8, 4) is 16.9 Å². The van der Waals surface area contributed by atoms with Crippen LogP contribution < -0.4 is 0 Å². The molecular weight excluding hydrogens is 488 g/mol. The third kappa shape index (κ3) is 3.98. The molecule has 3 aromatic heterocycles. The van der Waals surface area contributed by atoms with E-state index in [1.165, 1.54) is 6.20 Å². The van der Waals surface area contributed by atoms with E-state index >= 15 is 0 Å². The zero-order valence-corrected chi connectivity index (χ0v) is 20.8. The van der Waals surface area contributed by atoms with Gasteiger partial charge in [0.1, 0.15) is 0 Å². The quantitative estimate of drug-likeness (QED) is 0.128. The molecule has 0 aliphatic heterocycles. The molecule has 0 spiro atoms. The van der Waals surface area contributed by atoms with Crippen molar-refractivity contribution in [3.63, 3.8) is 0 Å². The summed E-state index contributed by atoms with van der Waals surface area (Å²) in [5.74, 6) is -3.88. The fourth-order valence-electron chi connectivity index (χ4n) is 4.86. The minimum atomic E-state index is -1.47. The second kappa shape index (κ2) is 9.70. The number of aromatic carboxylic acids is 1. The normalized spacial score (nSPS) is 12.1. The van der Waals surface area contributed by atoms with Gasteiger partial charge in [-0.05, 0) is 37.5 Å². The standard InChI is InChI=1S/C29H26N2O7/c1-14(12-32)7-9-16-10-8-15(2)21-18(11-30-24(16)21)25(34)28-26(35)23(27(38-28)29(36)37)22-17-5-3-4-6-19(17)31-20(22)13-33/h3-8,10-11,30-33,35H,9,12-13H2,1-2H3,(H,36,37)/b14-7-. The second-order valence-electron chi connectivity index (χ2n) is 9.21. The van der Waals surface area contributed by atoms with E-state index in [4.69, 9.17) is 4.42 Å². The fraction of sp³-hybridized carbons (Fsp3) is 0.172. The van der Waals surface area contributed by atoms with Gasteiger partial charge in [0, 0.05) is 39.3 Å². The molecule has 0 aliphatic carbocycles. The van der Waals surface area contributed by atoms with Gasteiger partial charge < -0.3 is 34.8 Å². The Morgan fingerprint density at radius 2 is 1.82 bits per heavy atom. The molecule has 2 aromatic carbocycles. The van der Waals surface area contributed by atoms with Crippen LogP contribution in [-0.2, 0) is 13.0 Å². The highest BCUT2D eigenvalue weighted by atomic mass is 16.4. The molecule has 0 aliphatic rings. The highest BCUT2D eigenvalue weighted by Gasteiger charge is 2.33. The zero-order chi connectivity index (χ0) is 27.1. The number of carboxylic acids is 1. The SMILES string of the molecule is C/C(=C/Cc1ccc(C)c2c(C(=O)c3oc(C(=O)O)c(-c4c(CO)[nH]c5ccccc45)c3O)c[nH]c12)CO. The van der Waals surface area contributed by atoms with Crippen molar-refractivity contribution >= 4 is 33.6 Å². The number of aromatic amines is 2. The van der Waals surface area contributed by atoms with E-state index in [0.717, 1.165) is 22.2 Å². The number of hydrogen-bond acceptors (Lipinski definition) is 6. The van der Waals surface area contributed by atoms with Gasteiger partial charge >= 0.3 is 5.97 Å². The number of ketones is 1. The Morgan fingerprint density at radius 1 is 1.05 bits per heavy atom. The van der Waals surface area contributed by atoms with Crippen LogP contribution in [0.25, 0.3) is 32.9 Å². The van der Waals surface area contributed by atoms with Crippen LogP contribution in [0.1, 0.15) is 50.4 Å². The van der Waals surface area contributed by atoms with E-state index in [2.05, 4.69) is 9.97 Å². The van der Waals surface area contributed by atoms with Crippen LogP contribution >= 0.6 is 0 Å². The summed E-state index contributed by atoms with van der Waals surface area (Å²) in [6.07, 6.45) is 3.94. The van der Waals surface area contributed by atoms with E-state index < -0.39 is 35.6 Å². The Labute approximate surface area is 216 Å². The molecule has 9 nitrogen and oxygen atoms in total. The van der Waals surface area contributed by atoms with E-state index in [-0.39, 0.29) is 29.0 Å². The Balaban J connectivity index is 1.68. The lowest BCUT2D eigenvalue weighted by molar-refractivity contribution is 0.0661. The van der Waals surface area contributed by atoms with Crippen LogP contribution in [0.3, 0.4) is 0 Å². The van der Waals surface area contributed by atoms with E-state index in [0.29, 0.717) is 22.7 Å². The third-order valence-corrected chi connectivity index (χ3v) is 6.77. The fourth-order valence-corrected chi connectivity index (χ4v) is 4.86. The van der Waals surface area contributed by atoms with E-state index in [1.54, 1.807) is 24.3 Å². The lowest BCUT2D eigenvalue weighted by atomic mass is 9.97. The number of nitrogens with one attached hydrogen (secondary N) is 2.